The van der Waals surface area contributed by atoms with Gasteiger partial charge in [0.1, 0.15) is 16.9 Å². The monoisotopic (exact) mass is 328 g/mol. The van der Waals surface area contributed by atoms with Gasteiger partial charge in [-0.2, -0.15) is 0 Å². The van der Waals surface area contributed by atoms with Crippen molar-refractivity contribution in [1.29, 1.82) is 0 Å². The molecule has 0 saturated heterocycles. The molecular weight excluding hydrogens is 312 g/mol. The summed E-state index contributed by atoms with van der Waals surface area (Å²) in [4.78, 5) is 10.9. The number of rotatable bonds is 4. The molecule has 118 valence electrons. The fourth-order valence-corrected chi connectivity index (χ4v) is 4.07. The maximum Gasteiger partial charge on any atom is 0.264 e. The summed E-state index contributed by atoms with van der Waals surface area (Å²) in [6, 6.07) is 7.64. The Bertz CT molecular complexity index is 961. The number of aromatic nitrogens is 3. The van der Waals surface area contributed by atoms with Crippen LogP contribution in [0.2, 0.25) is 0 Å². The summed E-state index contributed by atoms with van der Waals surface area (Å²) in [5, 5.41) is 0.482. The van der Waals surface area contributed by atoms with Crippen LogP contribution in [-0.4, -0.2) is 23.4 Å². The zero-order chi connectivity index (χ0) is 15.9. The van der Waals surface area contributed by atoms with Gasteiger partial charge in [-0.25, -0.2) is 18.4 Å². The van der Waals surface area contributed by atoms with Crippen LogP contribution < -0.4 is 4.72 Å². The van der Waals surface area contributed by atoms with Crippen molar-refractivity contribution in [3.8, 4) is 0 Å². The van der Waals surface area contributed by atoms with Crippen LogP contribution in [0.25, 0.3) is 11.0 Å². The lowest BCUT2D eigenvalue weighted by Crippen LogP contribution is -2.14. The van der Waals surface area contributed by atoms with E-state index >= 15 is 0 Å². The molecule has 1 fully saturated rings. The quantitative estimate of drug-likeness (QED) is 0.770. The molecule has 1 aliphatic rings. The highest BCUT2D eigenvalue weighted by atomic mass is 32.2. The molecule has 2 heterocycles. The van der Waals surface area contributed by atoms with E-state index in [4.69, 9.17) is 0 Å². The van der Waals surface area contributed by atoms with Crippen LogP contribution in [0.3, 0.4) is 0 Å². The fourth-order valence-electron chi connectivity index (χ4n) is 2.87. The fraction of sp³-hybridized carbons (Fsp3) is 0.250. The maximum absolute atomic E-state index is 12.7. The number of nitrogens with one attached hydrogen (secondary N) is 2. The lowest BCUT2D eigenvalue weighted by molar-refractivity contribution is 0.420. The number of nitrogens with zero attached hydrogens (tertiary/aromatic N) is 2. The number of hydrogen-bond acceptors (Lipinski definition) is 4. The Morgan fingerprint density at radius 1 is 1.26 bits per heavy atom. The normalized spacial score (nSPS) is 15.5. The van der Waals surface area contributed by atoms with Gasteiger partial charge in [0.15, 0.2) is 0 Å². The maximum atomic E-state index is 12.7. The highest BCUT2D eigenvalue weighted by Crippen LogP contribution is 2.37. The minimum Gasteiger partial charge on any atom is -0.345 e. The molecule has 1 aliphatic carbocycles. The number of aromatic amines is 1. The number of H-pyrrole nitrogens is 1. The highest BCUT2D eigenvalue weighted by molar-refractivity contribution is 7.93. The van der Waals surface area contributed by atoms with Gasteiger partial charge in [0.25, 0.3) is 10.0 Å². The van der Waals surface area contributed by atoms with E-state index in [1.54, 1.807) is 6.07 Å². The molecule has 0 radical (unpaired) electrons. The first kappa shape index (κ1) is 14.2. The molecule has 0 aliphatic heterocycles. The van der Waals surface area contributed by atoms with E-state index in [1.807, 2.05) is 12.1 Å². The van der Waals surface area contributed by atoms with Crippen LogP contribution in [0.4, 0.5) is 5.69 Å². The molecule has 4 rings (SSSR count). The highest BCUT2D eigenvalue weighted by Gasteiger charge is 2.22. The molecule has 3 aromatic rings. The molecule has 1 aromatic carbocycles. The summed E-state index contributed by atoms with van der Waals surface area (Å²) in [6.07, 6.45) is 7.92. The number of fused-ring (bicyclic) bond motifs is 1. The first-order valence-electron chi connectivity index (χ1n) is 7.53. The van der Waals surface area contributed by atoms with Crippen molar-refractivity contribution in [2.24, 2.45) is 0 Å². The van der Waals surface area contributed by atoms with Crippen molar-refractivity contribution in [1.82, 2.24) is 15.0 Å². The van der Waals surface area contributed by atoms with Gasteiger partial charge in [-0.1, -0.05) is 18.6 Å². The third-order valence-corrected chi connectivity index (χ3v) is 5.74. The van der Waals surface area contributed by atoms with Crippen molar-refractivity contribution < 1.29 is 8.42 Å². The third kappa shape index (κ3) is 2.57. The third-order valence-electron chi connectivity index (χ3n) is 4.32. The number of sulfonamides is 1. The van der Waals surface area contributed by atoms with Crippen LogP contribution in [0, 0.1) is 0 Å². The van der Waals surface area contributed by atoms with Crippen LogP contribution in [0.1, 0.15) is 30.7 Å². The topological polar surface area (TPSA) is 87.7 Å². The second-order valence-electron chi connectivity index (χ2n) is 5.80. The van der Waals surface area contributed by atoms with Gasteiger partial charge in [0, 0.05) is 18.1 Å². The van der Waals surface area contributed by atoms with E-state index < -0.39 is 10.0 Å². The van der Waals surface area contributed by atoms with Gasteiger partial charge in [0.2, 0.25) is 0 Å². The average molecular weight is 328 g/mol. The smallest absolute Gasteiger partial charge is 0.264 e. The summed E-state index contributed by atoms with van der Waals surface area (Å²) in [5.41, 5.74) is 2.28. The average Bonchev–Trinajstić information content (AvgIpc) is 2.90. The van der Waals surface area contributed by atoms with E-state index in [2.05, 4.69) is 25.7 Å². The number of benzene rings is 1. The molecular formula is C16H16N4O2S. The summed E-state index contributed by atoms with van der Waals surface area (Å²) >= 11 is 0. The van der Waals surface area contributed by atoms with Crippen LogP contribution >= 0.6 is 0 Å². The largest absolute Gasteiger partial charge is 0.345 e. The van der Waals surface area contributed by atoms with Gasteiger partial charge in [-0.05, 0) is 36.5 Å². The number of hydrogen-bond donors (Lipinski definition) is 2. The van der Waals surface area contributed by atoms with Gasteiger partial charge in [-0.15, -0.1) is 0 Å². The van der Waals surface area contributed by atoms with E-state index in [0.29, 0.717) is 22.6 Å². The molecule has 1 saturated carbocycles. The molecule has 2 N–H and O–H groups in total. The lowest BCUT2D eigenvalue weighted by atomic mass is 9.80. The van der Waals surface area contributed by atoms with Gasteiger partial charge >= 0.3 is 0 Å². The predicted molar refractivity (Wildman–Crippen MR) is 87.7 cm³/mol. The van der Waals surface area contributed by atoms with E-state index in [-0.39, 0.29) is 4.90 Å². The second kappa shape index (κ2) is 5.34. The van der Waals surface area contributed by atoms with E-state index in [1.165, 1.54) is 43.5 Å². The Labute approximate surface area is 134 Å². The molecule has 0 amide bonds. The molecule has 7 heteroatoms. The van der Waals surface area contributed by atoms with Crippen molar-refractivity contribution >= 4 is 26.7 Å². The van der Waals surface area contributed by atoms with E-state index in [9.17, 15) is 8.42 Å². The molecule has 0 atom stereocenters. The zero-order valence-electron chi connectivity index (χ0n) is 12.4. The lowest BCUT2D eigenvalue weighted by Gasteiger charge is -2.26. The van der Waals surface area contributed by atoms with Crippen LogP contribution in [0.5, 0.6) is 0 Å². The molecule has 2 aromatic heterocycles. The Balaban J connectivity index is 1.67. The Kier molecular flexibility index (Phi) is 3.30. The van der Waals surface area contributed by atoms with Crippen molar-refractivity contribution in [3.63, 3.8) is 0 Å². The van der Waals surface area contributed by atoms with Crippen molar-refractivity contribution in [2.75, 3.05) is 4.72 Å². The first-order valence-corrected chi connectivity index (χ1v) is 9.02. The predicted octanol–water partition coefficient (Wildman–Crippen LogP) is 3.03. The molecule has 6 nitrogen and oxygen atoms in total. The molecule has 0 bridgehead atoms. The van der Waals surface area contributed by atoms with Crippen LogP contribution in [0.15, 0.2) is 47.9 Å². The first-order chi connectivity index (χ1) is 11.1. The zero-order valence-corrected chi connectivity index (χ0v) is 13.2. The Hall–Kier alpha value is -2.41. The summed E-state index contributed by atoms with van der Waals surface area (Å²) < 4.78 is 28.0. The SMILES string of the molecule is O=S(=O)(Nc1cccc(C2CCC2)c1)c1c[nH]c2ncncc12. The Morgan fingerprint density at radius 2 is 2.13 bits per heavy atom. The van der Waals surface area contributed by atoms with Gasteiger partial charge in [-0.3, -0.25) is 4.72 Å². The summed E-state index contributed by atoms with van der Waals surface area (Å²) in [7, 11) is -3.69. The molecule has 0 unspecified atom stereocenters. The van der Waals surface area contributed by atoms with Crippen LogP contribution in [-0.2, 0) is 10.0 Å². The van der Waals surface area contributed by atoms with E-state index in [0.717, 1.165) is 0 Å². The number of anilines is 1. The minimum atomic E-state index is -3.69. The second-order valence-corrected chi connectivity index (χ2v) is 7.45. The van der Waals surface area contributed by atoms with Gasteiger partial charge in [0.05, 0.1) is 5.39 Å². The standard InChI is InChI=1S/C16H16N4O2S/c21-23(22,15-9-18-16-14(15)8-17-10-19-16)20-13-6-2-5-12(7-13)11-3-1-4-11/h2,5-11,20H,1,3-4H2,(H,17,18,19). The summed E-state index contributed by atoms with van der Waals surface area (Å²) in [5.74, 6) is 0.556. The minimum absolute atomic E-state index is 0.155. The molecule has 0 spiro atoms. The van der Waals surface area contributed by atoms with Crippen molar-refractivity contribution in [2.45, 2.75) is 30.1 Å². The Morgan fingerprint density at radius 3 is 2.91 bits per heavy atom. The van der Waals surface area contributed by atoms with Gasteiger partial charge < -0.3 is 4.98 Å². The van der Waals surface area contributed by atoms with Crippen molar-refractivity contribution in [3.05, 3.63) is 48.5 Å². The summed E-state index contributed by atoms with van der Waals surface area (Å²) in [6.45, 7) is 0. The molecule has 23 heavy (non-hydrogen) atoms.